The number of hydrogen-bond donors (Lipinski definition) is 4. The van der Waals surface area contributed by atoms with E-state index in [0.29, 0.717) is 93.0 Å². The van der Waals surface area contributed by atoms with E-state index in [4.69, 9.17) is 28.9 Å². The standard InChI is InChI=1S/C65H81N11O10S/c1-42(2)49-7-5-6-8-52(49)74-25-24-71(39-44-31-58(83-4)61(68-38-44)73-26-29-84-30-27-73)40-57(74)46-35-65(36-46)19-22-72(23-20-65)47-9-11-50(54(33-47)75-53-16-28-85-41-59(53)86-63-56(75)32-45-15-21-66-60(45)69-63)62(77)70-87(81,82)48-10-12-51(55(34-48)76(79)80)67-37-43-13-17-64(3,78)18-14-43/h5-12,15,21,31-34,38,42-43,46,53,57,59,67,78H,13-14,16-20,22-30,35-37,39-41H2,1-4H3,(H,66,69)(H,70,77)/t43-,53-,57+,59-,64-/m0/s1. The first-order valence-electron chi connectivity index (χ1n) is 31.2. The molecule has 3 atom stereocenters. The van der Waals surface area contributed by atoms with Crippen molar-refractivity contribution in [3.8, 4) is 11.6 Å². The number of ether oxygens (including phenoxy) is 4. The lowest BCUT2D eigenvalue weighted by molar-refractivity contribution is -0.384. The summed E-state index contributed by atoms with van der Waals surface area (Å²) in [6.45, 7) is 15.7. The summed E-state index contributed by atoms with van der Waals surface area (Å²) in [6.07, 6.45) is 11.0. The third-order valence-electron chi connectivity index (χ3n) is 19.9. The van der Waals surface area contributed by atoms with Gasteiger partial charge in [-0.25, -0.2) is 18.1 Å². The summed E-state index contributed by atoms with van der Waals surface area (Å²) in [5.41, 5.74) is 5.85. The number of aromatic nitrogens is 3. The maximum atomic E-state index is 14.9. The van der Waals surface area contributed by atoms with Gasteiger partial charge in [0.1, 0.15) is 23.1 Å². The average Bonchev–Trinajstić information content (AvgIpc) is 1.43. The number of hydrogen-bond acceptors (Lipinski definition) is 18. The first-order chi connectivity index (χ1) is 42.0. The summed E-state index contributed by atoms with van der Waals surface area (Å²) >= 11 is 0. The molecule has 2 aliphatic carbocycles. The van der Waals surface area contributed by atoms with Gasteiger partial charge in [-0.2, -0.15) is 4.98 Å². The molecule has 0 radical (unpaired) electrons. The fraction of sp³-hybridized carbons (Fsp3) is 0.523. The van der Waals surface area contributed by atoms with Crippen LogP contribution in [0.1, 0.15) is 106 Å². The number of fused-ring (bicyclic) bond motifs is 3. The number of nitro groups is 1. The van der Waals surface area contributed by atoms with Gasteiger partial charge in [0.25, 0.3) is 21.6 Å². The summed E-state index contributed by atoms with van der Waals surface area (Å²) < 4.78 is 55.1. The Bertz CT molecular complexity index is 3620. The number of aliphatic hydroxyl groups is 1. The molecule has 5 aliphatic heterocycles. The predicted octanol–water partition coefficient (Wildman–Crippen LogP) is 9.38. The highest BCUT2D eigenvalue weighted by atomic mass is 32.2. The molecule has 462 valence electrons. The Balaban J connectivity index is 0.756. The number of H-pyrrole nitrogens is 1. The first-order valence-corrected chi connectivity index (χ1v) is 32.7. The van der Waals surface area contributed by atoms with Crippen molar-refractivity contribution < 1.29 is 42.2 Å². The second kappa shape index (κ2) is 24.0. The van der Waals surface area contributed by atoms with Crippen LogP contribution in [0, 0.1) is 27.4 Å². The Morgan fingerprint density at radius 2 is 1.68 bits per heavy atom. The third kappa shape index (κ3) is 12.0. The second-order valence-corrected chi connectivity index (χ2v) is 27.6. The number of carbonyl (C=O) groups is 1. The largest absolute Gasteiger partial charge is 0.493 e. The number of anilines is 6. The number of sulfonamides is 1. The molecule has 4 saturated heterocycles. The van der Waals surface area contributed by atoms with Gasteiger partial charge in [-0.15, -0.1) is 0 Å². The molecule has 0 unspecified atom stereocenters. The van der Waals surface area contributed by atoms with E-state index in [1.165, 1.54) is 23.4 Å². The number of pyridine rings is 2. The Morgan fingerprint density at radius 1 is 0.885 bits per heavy atom. The Morgan fingerprint density at radius 3 is 2.45 bits per heavy atom. The molecule has 3 aromatic carbocycles. The smallest absolute Gasteiger partial charge is 0.293 e. The summed E-state index contributed by atoms with van der Waals surface area (Å²) in [7, 11) is -2.92. The lowest BCUT2D eigenvalue weighted by Crippen LogP contribution is -2.61. The molecule has 21 nitrogen and oxygen atoms in total. The molecule has 1 amide bonds. The van der Waals surface area contributed by atoms with Crippen LogP contribution < -0.4 is 39.1 Å². The van der Waals surface area contributed by atoms with Crippen LogP contribution in [0.25, 0.3) is 11.0 Å². The maximum absolute atomic E-state index is 14.9. The van der Waals surface area contributed by atoms with Crippen molar-refractivity contribution in [1.82, 2.24) is 24.6 Å². The van der Waals surface area contributed by atoms with Crippen LogP contribution in [0.15, 0.2) is 96.2 Å². The Kier molecular flexibility index (Phi) is 16.2. The minimum absolute atomic E-state index is 0.106. The second-order valence-electron chi connectivity index (χ2n) is 25.9. The first kappa shape index (κ1) is 58.8. The lowest BCUT2D eigenvalue weighted by Gasteiger charge is -2.58. The molecule has 2 saturated carbocycles. The fourth-order valence-electron chi connectivity index (χ4n) is 14.9. The molecule has 0 bridgehead atoms. The minimum atomic E-state index is -4.65. The van der Waals surface area contributed by atoms with Crippen molar-refractivity contribution in [2.75, 3.05) is 111 Å². The van der Waals surface area contributed by atoms with Gasteiger partial charge in [0.2, 0.25) is 5.88 Å². The van der Waals surface area contributed by atoms with Crippen molar-refractivity contribution in [3.63, 3.8) is 0 Å². The van der Waals surface area contributed by atoms with E-state index in [9.17, 15) is 28.4 Å². The number of piperazine rings is 1. The van der Waals surface area contributed by atoms with Gasteiger partial charge in [-0.3, -0.25) is 19.8 Å². The van der Waals surface area contributed by atoms with Crippen molar-refractivity contribution in [2.45, 2.75) is 120 Å². The fourth-order valence-corrected chi connectivity index (χ4v) is 15.9. The highest BCUT2D eigenvalue weighted by Crippen LogP contribution is 2.56. The summed E-state index contributed by atoms with van der Waals surface area (Å²) in [4.78, 5) is 51.4. The zero-order valence-electron chi connectivity index (χ0n) is 50.3. The van der Waals surface area contributed by atoms with Gasteiger partial charge in [0, 0.05) is 107 Å². The van der Waals surface area contributed by atoms with Crippen molar-refractivity contribution in [3.05, 3.63) is 118 Å². The highest BCUT2D eigenvalue weighted by Gasteiger charge is 2.51. The molecular formula is C65H81N11O10S. The molecule has 6 aromatic rings. The summed E-state index contributed by atoms with van der Waals surface area (Å²) in [6, 6.07) is 24.3. The molecule has 1 spiro atoms. The van der Waals surface area contributed by atoms with Crippen molar-refractivity contribution in [1.29, 1.82) is 0 Å². The molecule has 3 aromatic heterocycles. The number of nitrogens with one attached hydrogen (secondary N) is 3. The van der Waals surface area contributed by atoms with Gasteiger partial charge < -0.3 is 54.0 Å². The summed E-state index contributed by atoms with van der Waals surface area (Å²) in [5, 5.41) is 26.9. The number of methoxy groups -OCH3 is 1. The van der Waals surface area contributed by atoms with E-state index in [1.807, 2.05) is 43.6 Å². The van der Waals surface area contributed by atoms with E-state index in [0.717, 1.165) is 125 Å². The Hall–Kier alpha value is -7.24. The average molecular weight is 1210 g/mol. The number of para-hydroxylation sites is 1. The van der Waals surface area contributed by atoms with Gasteiger partial charge in [0.05, 0.1) is 59.6 Å². The van der Waals surface area contributed by atoms with E-state index in [2.05, 4.69) is 83.7 Å². The summed E-state index contributed by atoms with van der Waals surface area (Å²) in [5.74, 6) is 2.22. The molecule has 13 rings (SSSR count). The van der Waals surface area contributed by atoms with Gasteiger partial charge >= 0.3 is 0 Å². The molecular weight excluding hydrogens is 1130 g/mol. The van der Waals surface area contributed by atoms with Crippen LogP contribution in [0.2, 0.25) is 0 Å². The predicted molar refractivity (Wildman–Crippen MR) is 335 cm³/mol. The van der Waals surface area contributed by atoms with E-state index in [-0.39, 0.29) is 28.6 Å². The van der Waals surface area contributed by atoms with Crippen LogP contribution >= 0.6 is 0 Å². The number of amides is 1. The minimum Gasteiger partial charge on any atom is -0.493 e. The number of piperidine rings is 1. The Labute approximate surface area is 508 Å². The van der Waals surface area contributed by atoms with E-state index >= 15 is 0 Å². The number of rotatable bonds is 16. The van der Waals surface area contributed by atoms with Crippen LogP contribution in [-0.4, -0.2) is 154 Å². The number of nitro benzene ring substituents is 1. The quantitative estimate of drug-likeness (QED) is 0.0522. The maximum Gasteiger partial charge on any atom is 0.293 e. The molecule has 87 heavy (non-hydrogen) atoms. The highest BCUT2D eigenvalue weighted by molar-refractivity contribution is 7.90. The zero-order chi connectivity index (χ0) is 60.2. The number of morpholine rings is 1. The molecule has 22 heteroatoms. The van der Waals surface area contributed by atoms with Gasteiger partial charge in [0.15, 0.2) is 11.6 Å². The molecule has 6 fully saturated rings. The molecule has 8 heterocycles. The zero-order valence-corrected chi connectivity index (χ0v) is 51.1. The monoisotopic (exact) mass is 1210 g/mol. The number of nitrogens with zero attached hydrogens (tertiary/aromatic N) is 8. The van der Waals surface area contributed by atoms with E-state index in [1.54, 1.807) is 13.2 Å². The third-order valence-corrected chi connectivity index (χ3v) is 21.2. The van der Waals surface area contributed by atoms with Crippen LogP contribution in [-0.2, 0) is 26.0 Å². The van der Waals surface area contributed by atoms with Crippen LogP contribution in [0.4, 0.5) is 39.9 Å². The normalized spacial score (nSPS) is 24.3. The van der Waals surface area contributed by atoms with Crippen molar-refractivity contribution in [2.24, 2.45) is 17.3 Å². The lowest BCUT2D eigenvalue weighted by atomic mass is 9.55. The molecule has 4 N–H and O–H groups in total. The van der Waals surface area contributed by atoms with Crippen molar-refractivity contribution >= 4 is 66.9 Å². The number of aromatic amines is 1. The number of benzene rings is 3. The van der Waals surface area contributed by atoms with E-state index < -0.39 is 43.1 Å². The van der Waals surface area contributed by atoms with Gasteiger partial charge in [-0.1, -0.05) is 32.0 Å². The van der Waals surface area contributed by atoms with Crippen LogP contribution in [0.5, 0.6) is 11.6 Å². The van der Waals surface area contributed by atoms with Gasteiger partial charge in [-0.05, 0) is 154 Å². The molecule has 7 aliphatic rings. The van der Waals surface area contributed by atoms with Crippen LogP contribution in [0.3, 0.4) is 0 Å². The number of carbonyl (C=O) groups excluding carboxylic acids is 1. The SMILES string of the molecule is COc1cc(CN2CCN(c3ccccc3C(C)C)[C@@H](C3CC4(CCN(c5ccc(C(=O)NS(=O)(=O)c6ccc(NC[C@H]7CC[C@](C)(O)CC7)c([N+](=O)[O-])c6)c(N6c7cc8cc[nH]c8nc7O[C@H]7COCC[C@@H]76)c5)CC4)C3)C2)cnc1N1CCOCC1. The topological polar surface area (TPSA) is 233 Å².